The van der Waals surface area contributed by atoms with Crippen molar-refractivity contribution in [2.75, 3.05) is 13.2 Å². The Kier molecular flexibility index (Phi) is 7.30. The van der Waals surface area contributed by atoms with Crippen molar-refractivity contribution < 1.29 is 20.1 Å². The summed E-state index contributed by atoms with van der Waals surface area (Å²) in [6.07, 6.45) is 10.4. The Balaban J connectivity index is 1.43. The first kappa shape index (κ1) is 24.5. The van der Waals surface area contributed by atoms with Gasteiger partial charge in [-0.3, -0.25) is 4.79 Å². The number of nitrogens with one attached hydrogen (secondary N) is 1. The van der Waals surface area contributed by atoms with Gasteiger partial charge in [0.25, 0.3) is 0 Å². The maximum Gasteiger partial charge on any atom is 0.220 e. The Bertz CT molecular complexity index is 670. The number of aliphatic hydroxyl groups is 3. The quantitative estimate of drug-likeness (QED) is 0.444. The number of fused-ring (bicyclic) bond motifs is 5. The predicted molar refractivity (Wildman–Crippen MR) is 126 cm³/mol. The molecule has 1 amide bonds. The number of carbonyl (C=O) groups is 1. The van der Waals surface area contributed by atoms with Crippen molar-refractivity contribution >= 4 is 5.91 Å². The van der Waals surface area contributed by atoms with E-state index in [0.717, 1.165) is 32.1 Å². The third-order valence-corrected chi connectivity index (χ3v) is 11.0. The third kappa shape index (κ3) is 4.15. The highest BCUT2D eigenvalue weighted by Gasteiger charge is 2.63. The zero-order valence-corrected chi connectivity index (χ0v) is 20.6. The lowest BCUT2D eigenvalue weighted by molar-refractivity contribution is -0.174. The molecule has 0 aromatic rings. The van der Waals surface area contributed by atoms with Crippen LogP contribution in [0, 0.1) is 46.3 Å². The van der Waals surface area contributed by atoms with Crippen molar-refractivity contribution in [2.24, 2.45) is 46.3 Å². The molecule has 5 heteroatoms. The van der Waals surface area contributed by atoms with Gasteiger partial charge in [-0.1, -0.05) is 20.8 Å². The fourth-order valence-corrected chi connectivity index (χ4v) is 9.12. The second-order valence-electron chi connectivity index (χ2n) is 12.3. The summed E-state index contributed by atoms with van der Waals surface area (Å²) in [6.45, 7) is 7.79. The molecule has 4 saturated carbocycles. The molecular weight excluding hydrogens is 402 g/mol. The van der Waals surface area contributed by atoms with E-state index in [1.54, 1.807) is 0 Å². The highest BCUT2D eigenvalue weighted by atomic mass is 16.3. The summed E-state index contributed by atoms with van der Waals surface area (Å²) in [4.78, 5) is 12.2. The van der Waals surface area contributed by atoms with Crippen LogP contribution in [0.2, 0.25) is 0 Å². The van der Waals surface area contributed by atoms with Crippen molar-refractivity contribution in [3.8, 4) is 0 Å². The molecule has 32 heavy (non-hydrogen) atoms. The van der Waals surface area contributed by atoms with E-state index in [4.69, 9.17) is 5.11 Å². The fourth-order valence-electron chi connectivity index (χ4n) is 9.12. The van der Waals surface area contributed by atoms with Gasteiger partial charge in [0.2, 0.25) is 5.91 Å². The minimum Gasteiger partial charge on any atom is -0.396 e. The molecule has 4 rings (SSSR count). The van der Waals surface area contributed by atoms with Crippen LogP contribution in [0.4, 0.5) is 0 Å². The highest BCUT2D eigenvalue weighted by Crippen LogP contribution is 2.68. The van der Waals surface area contributed by atoms with Gasteiger partial charge in [0, 0.05) is 19.6 Å². The molecule has 4 fully saturated rings. The molecule has 4 aliphatic carbocycles. The number of hydrogen-bond acceptors (Lipinski definition) is 4. The summed E-state index contributed by atoms with van der Waals surface area (Å²) >= 11 is 0. The molecule has 0 radical (unpaired) electrons. The van der Waals surface area contributed by atoms with Gasteiger partial charge in [-0.05, 0) is 111 Å². The van der Waals surface area contributed by atoms with Crippen LogP contribution in [0.1, 0.15) is 91.4 Å². The summed E-state index contributed by atoms with van der Waals surface area (Å²) in [7, 11) is 0. The van der Waals surface area contributed by atoms with Crippen LogP contribution in [0.3, 0.4) is 0 Å². The average Bonchev–Trinajstić information content (AvgIpc) is 3.12. The summed E-state index contributed by atoms with van der Waals surface area (Å²) in [5.41, 5.74) is 0.242. The number of amides is 1. The van der Waals surface area contributed by atoms with Crippen molar-refractivity contribution in [3.63, 3.8) is 0 Å². The lowest BCUT2D eigenvalue weighted by atomic mass is 9.43. The fraction of sp³-hybridized carbons (Fsp3) is 0.963. The van der Waals surface area contributed by atoms with E-state index in [9.17, 15) is 15.0 Å². The van der Waals surface area contributed by atoms with Gasteiger partial charge >= 0.3 is 0 Å². The molecule has 0 heterocycles. The summed E-state index contributed by atoms with van der Waals surface area (Å²) in [5.74, 6) is 3.49. The monoisotopic (exact) mass is 449 g/mol. The van der Waals surface area contributed by atoms with Crippen LogP contribution in [-0.2, 0) is 4.79 Å². The molecule has 0 spiro atoms. The van der Waals surface area contributed by atoms with Gasteiger partial charge in [-0.25, -0.2) is 0 Å². The second kappa shape index (κ2) is 9.54. The molecule has 0 saturated heterocycles. The molecule has 10 atom stereocenters. The van der Waals surface area contributed by atoms with Crippen LogP contribution < -0.4 is 5.32 Å². The largest absolute Gasteiger partial charge is 0.396 e. The Morgan fingerprint density at radius 3 is 2.59 bits per heavy atom. The molecule has 0 aliphatic heterocycles. The van der Waals surface area contributed by atoms with Crippen LogP contribution >= 0.6 is 0 Å². The first-order valence-electron chi connectivity index (χ1n) is 13.5. The lowest BCUT2D eigenvalue weighted by Gasteiger charge is -2.62. The standard InChI is InChI=1S/C27H47NO4/c1-17(5-10-25(32)28-13-4-14-29)21-8-9-22-20-7-6-18-15-19(30)11-12-26(18,2)23(20)16-24(31)27(21,22)3/h17-24,29-31H,4-16H2,1-3H3,(H,28,32). The van der Waals surface area contributed by atoms with E-state index in [-0.39, 0.29) is 35.6 Å². The molecule has 4 N–H and O–H groups in total. The number of aliphatic hydroxyl groups excluding tert-OH is 3. The highest BCUT2D eigenvalue weighted by molar-refractivity contribution is 5.75. The first-order chi connectivity index (χ1) is 15.2. The molecule has 0 aromatic carbocycles. The smallest absolute Gasteiger partial charge is 0.220 e. The molecule has 0 aromatic heterocycles. The van der Waals surface area contributed by atoms with Gasteiger partial charge in [0.15, 0.2) is 0 Å². The van der Waals surface area contributed by atoms with E-state index < -0.39 is 0 Å². The Morgan fingerprint density at radius 2 is 1.84 bits per heavy atom. The predicted octanol–water partition coefficient (Wildman–Crippen LogP) is 3.89. The van der Waals surface area contributed by atoms with E-state index in [0.29, 0.717) is 54.9 Å². The SMILES string of the molecule is CC(CCC(=O)NCCCO)C1CCC2C3CCC4CC(O)CCC4(C)C3CC(O)C12C. The van der Waals surface area contributed by atoms with E-state index >= 15 is 0 Å². The van der Waals surface area contributed by atoms with Crippen LogP contribution in [-0.4, -0.2) is 46.6 Å². The van der Waals surface area contributed by atoms with Gasteiger partial charge in [0.1, 0.15) is 0 Å². The summed E-state index contributed by atoms with van der Waals surface area (Å²) in [5, 5.41) is 33.7. The third-order valence-electron chi connectivity index (χ3n) is 11.0. The number of hydrogen-bond donors (Lipinski definition) is 4. The Labute approximate surface area is 194 Å². The lowest BCUT2D eigenvalue weighted by Crippen LogP contribution is -2.58. The van der Waals surface area contributed by atoms with Gasteiger partial charge < -0.3 is 20.6 Å². The topological polar surface area (TPSA) is 89.8 Å². The summed E-state index contributed by atoms with van der Waals surface area (Å²) in [6, 6.07) is 0. The molecular formula is C27H47NO4. The molecule has 10 unspecified atom stereocenters. The van der Waals surface area contributed by atoms with Crippen molar-refractivity contribution in [1.82, 2.24) is 5.32 Å². The molecule has 184 valence electrons. The molecule has 4 aliphatic rings. The van der Waals surface area contributed by atoms with Gasteiger partial charge in [-0.15, -0.1) is 0 Å². The molecule has 0 bridgehead atoms. The van der Waals surface area contributed by atoms with Gasteiger partial charge in [0.05, 0.1) is 12.2 Å². The van der Waals surface area contributed by atoms with E-state index in [2.05, 4.69) is 26.1 Å². The Morgan fingerprint density at radius 1 is 1.06 bits per heavy atom. The van der Waals surface area contributed by atoms with E-state index in [1.807, 2.05) is 0 Å². The second-order valence-corrected chi connectivity index (χ2v) is 12.3. The van der Waals surface area contributed by atoms with Crippen molar-refractivity contribution in [1.29, 1.82) is 0 Å². The Hall–Kier alpha value is -0.650. The maximum absolute atomic E-state index is 12.2. The average molecular weight is 450 g/mol. The van der Waals surface area contributed by atoms with Crippen molar-refractivity contribution in [2.45, 2.75) is 104 Å². The zero-order valence-electron chi connectivity index (χ0n) is 20.6. The van der Waals surface area contributed by atoms with Crippen molar-refractivity contribution in [3.05, 3.63) is 0 Å². The minimum absolute atomic E-state index is 0.0364. The summed E-state index contributed by atoms with van der Waals surface area (Å²) < 4.78 is 0. The van der Waals surface area contributed by atoms with Gasteiger partial charge in [-0.2, -0.15) is 0 Å². The normalized spacial score (nSPS) is 46.6. The van der Waals surface area contributed by atoms with Crippen LogP contribution in [0.5, 0.6) is 0 Å². The molecule has 5 nitrogen and oxygen atoms in total. The van der Waals surface area contributed by atoms with Crippen LogP contribution in [0.25, 0.3) is 0 Å². The van der Waals surface area contributed by atoms with Crippen LogP contribution in [0.15, 0.2) is 0 Å². The minimum atomic E-state index is -0.260. The number of carbonyl (C=O) groups excluding carboxylic acids is 1. The zero-order chi connectivity index (χ0) is 23.1. The maximum atomic E-state index is 12.2. The van der Waals surface area contributed by atoms with E-state index in [1.165, 1.54) is 25.7 Å². The first-order valence-corrected chi connectivity index (χ1v) is 13.5. The number of rotatable bonds is 7.